The molecule has 1 aromatic heterocycles. The van der Waals surface area contributed by atoms with E-state index in [1.54, 1.807) is 6.20 Å². The minimum Gasteiger partial charge on any atom is -0.316 e. The van der Waals surface area contributed by atoms with Gasteiger partial charge in [0.1, 0.15) is 5.69 Å². The summed E-state index contributed by atoms with van der Waals surface area (Å²) in [7, 11) is 4.05. The van der Waals surface area contributed by atoms with E-state index in [1.165, 1.54) is 12.8 Å². The minimum atomic E-state index is 0.198. The molecule has 0 spiro atoms. The van der Waals surface area contributed by atoms with E-state index in [9.17, 15) is 4.79 Å². The van der Waals surface area contributed by atoms with Crippen LogP contribution in [0.5, 0.6) is 0 Å². The highest BCUT2D eigenvalue weighted by Gasteiger charge is 2.20. The molecule has 2 heterocycles. The summed E-state index contributed by atoms with van der Waals surface area (Å²) in [6.45, 7) is 3.78. The van der Waals surface area contributed by atoms with Crippen LogP contribution in [0.3, 0.4) is 0 Å². The summed E-state index contributed by atoms with van der Waals surface area (Å²) in [6, 6.07) is 0. The van der Waals surface area contributed by atoms with Gasteiger partial charge < -0.3 is 10.2 Å². The summed E-state index contributed by atoms with van der Waals surface area (Å²) in [6.07, 6.45) is 5.77. The molecule has 21 heavy (non-hydrogen) atoms. The summed E-state index contributed by atoms with van der Waals surface area (Å²) in [4.78, 5) is 14.6. The number of carbonyl (C=O) groups is 1. The van der Waals surface area contributed by atoms with Crippen LogP contribution in [0, 0.1) is 5.92 Å². The highest BCUT2D eigenvalue weighted by Crippen LogP contribution is 2.22. The van der Waals surface area contributed by atoms with Crippen LogP contribution in [0.25, 0.3) is 0 Å². The summed E-state index contributed by atoms with van der Waals surface area (Å²) in [5.74, 6) is 0.836. The van der Waals surface area contributed by atoms with Crippen LogP contribution in [-0.2, 0) is 6.54 Å². The Bertz CT molecular complexity index is 466. The summed E-state index contributed by atoms with van der Waals surface area (Å²) in [5.41, 5.74) is 0.723. The molecule has 1 atom stereocenters. The van der Waals surface area contributed by atoms with Crippen LogP contribution in [0.15, 0.2) is 10.7 Å². The molecule has 0 aromatic carbocycles. The van der Waals surface area contributed by atoms with Crippen molar-refractivity contribution in [1.82, 2.24) is 20.0 Å². The molecule has 0 amide bonds. The zero-order valence-electron chi connectivity index (χ0n) is 12.9. The third-order valence-electron chi connectivity index (χ3n) is 4.00. The van der Waals surface area contributed by atoms with Gasteiger partial charge in [-0.05, 0) is 68.3 Å². The SMILES string of the molecule is CN(C)CCn1ncc(Br)c1C(=O)CCC1CCCNC1. The molecule has 1 fully saturated rings. The van der Waals surface area contributed by atoms with Crippen LogP contribution in [0.4, 0.5) is 0 Å². The Morgan fingerprint density at radius 3 is 3.05 bits per heavy atom. The number of hydrogen-bond donors (Lipinski definition) is 1. The van der Waals surface area contributed by atoms with E-state index in [-0.39, 0.29) is 5.78 Å². The number of Topliss-reactive ketones (excluding diaryl/α,β-unsaturated/α-hetero) is 1. The lowest BCUT2D eigenvalue weighted by Gasteiger charge is -2.22. The molecule has 0 bridgehead atoms. The van der Waals surface area contributed by atoms with Crippen LogP contribution >= 0.6 is 15.9 Å². The van der Waals surface area contributed by atoms with Crippen molar-refractivity contribution in [3.05, 3.63) is 16.4 Å². The van der Waals surface area contributed by atoms with Crippen molar-refractivity contribution in [2.24, 2.45) is 5.92 Å². The van der Waals surface area contributed by atoms with E-state index < -0.39 is 0 Å². The second-order valence-electron chi connectivity index (χ2n) is 6.04. The lowest BCUT2D eigenvalue weighted by molar-refractivity contribution is 0.0959. The average Bonchev–Trinajstić information content (AvgIpc) is 2.85. The largest absolute Gasteiger partial charge is 0.316 e. The predicted octanol–water partition coefficient (Wildman–Crippen LogP) is 2.17. The van der Waals surface area contributed by atoms with E-state index in [0.717, 1.165) is 42.8 Å². The van der Waals surface area contributed by atoms with Crippen molar-refractivity contribution in [2.45, 2.75) is 32.2 Å². The highest BCUT2D eigenvalue weighted by molar-refractivity contribution is 9.10. The predicted molar refractivity (Wildman–Crippen MR) is 87.6 cm³/mol. The summed E-state index contributed by atoms with van der Waals surface area (Å²) in [5, 5.41) is 7.72. The van der Waals surface area contributed by atoms with Crippen LogP contribution in [0.1, 0.15) is 36.2 Å². The van der Waals surface area contributed by atoms with Gasteiger partial charge in [0.15, 0.2) is 5.78 Å². The molecule has 2 rings (SSSR count). The molecular formula is C15H25BrN4O. The fourth-order valence-corrected chi connectivity index (χ4v) is 3.25. The summed E-state index contributed by atoms with van der Waals surface area (Å²) >= 11 is 3.46. The maximum atomic E-state index is 12.5. The van der Waals surface area contributed by atoms with E-state index in [4.69, 9.17) is 0 Å². The second kappa shape index (κ2) is 8.06. The first-order chi connectivity index (χ1) is 10.1. The van der Waals surface area contributed by atoms with Gasteiger partial charge in [-0.3, -0.25) is 9.48 Å². The number of nitrogens with zero attached hydrogens (tertiary/aromatic N) is 3. The molecule has 1 unspecified atom stereocenters. The molecule has 1 aliphatic heterocycles. The minimum absolute atomic E-state index is 0.198. The van der Waals surface area contributed by atoms with E-state index in [0.29, 0.717) is 12.3 Å². The number of rotatable bonds is 7. The number of nitrogens with one attached hydrogen (secondary N) is 1. The van der Waals surface area contributed by atoms with Crippen LogP contribution in [0.2, 0.25) is 0 Å². The smallest absolute Gasteiger partial charge is 0.182 e. The van der Waals surface area contributed by atoms with Crippen molar-refractivity contribution in [3.8, 4) is 0 Å². The van der Waals surface area contributed by atoms with Gasteiger partial charge in [-0.25, -0.2) is 0 Å². The quantitative estimate of drug-likeness (QED) is 0.760. The van der Waals surface area contributed by atoms with Gasteiger partial charge in [-0.15, -0.1) is 0 Å². The first kappa shape index (κ1) is 16.6. The maximum Gasteiger partial charge on any atom is 0.182 e. The van der Waals surface area contributed by atoms with Crippen molar-refractivity contribution >= 4 is 21.7 Å². The molecule has 0 aliphatic carbocycles. The van der Waals surface area contributed by atoms with Crippen molar-refractivity contribution in [2.75, 3.05) is 33.7 Å². The molecule has 1 aromatic rings. The maximum absolute atomic E-state index is 12.5. The first-order valence-electron chi connectivity index (χ1n) is 7.68. The molecule has 1 aliphatic rings. The van der Waals surface area contributed by atoms with Crippen LogP contribution < -0.4 is 5.32 Å². The number of halogens is 1. The number of likely N-dealkylation sites (N-methyl/N-ethyl adjacent to an activating group) is 1. The lowest BCUT2D eigenvalue weighted by Crippen LogP contribution is -2.30. The Balaban J connectivity index is 1.92. The van der Waals surface area contributed by atoms with Gasteiger partial charge in [0.25, 0.3) is 0 Å². The Morgan fingerprint density at radius 2 is 2.38 bits per heavy atom. The second-order valence-corrected chi connectivity index (χ2v) is 6.90. The zero-order chi connectivity index (χ0) is 15.2. The highest BCUT2D eigenvalue weighted by atomic mass is 79.9. The number of ketones is 1. The molecule has 0 saturated carbocycles. The zero-order valence-corrected chi connectivity index (χ0v) is 14.5. The molecule has 0 radical (unpaired) electrons. The molecule has 5 nitrogen and oxygen atoms in total. The third kappa shape index (κ3) is 4.90. The standard InChI is InChI=1S/C15H25BrN4O/c1-19(2)8-9-20-15(13(16)11-18-20)14(21)6-5-12-4-3-7-17-10-12/h11-12,17H,3-10H2,1-2H3. The molecule has 6 heteroatoms. The van der Waals surface area contributed by atoms with Crippen LogP contribution in [-0.4, -0.2) is 54.2 Å². The van der Waals surface area contributed by atoms with E-state index in [1.807, 2.05) is 18.8 Å². The van der Waals surface area contributed by atoms with Crippen molar-refractivity contribution in [3.63, 3.8) is 0 Å². The first-order valence-corrected chi connectivity index (χ1v) is 8.47. The topological polar surface area (TPSA) is 50.2 Å². The number of aromatic nitrogens is 2. The van der Waals surface area contributed by atoms with Crippen molar-refractivity contribution in [1.29, 1.82) is 0 Å². The number of carbonyl (C=O) groups excluding carboxylic acids is 1. The molecule has 1 N–H and O–H groups in total. The monoisotopic (exact) mass is 356 g/mol. The number of piperidine rings is 1. The fraction of sp³-hybridized carbons (Fsp3) is 0.733. The third-order valence-corrected chi connectivity index (χ3v) is 4.58. The Morgan fingerprint density at radius 1 is 1.57 bits per heavy atom. The van der Waals surface area contributed by atoms with Gasteiger partial charge in [0, 0.05) is 13.0 Å². The summed E-state index contributed by atoms with van der Waals surface area (Å²) < 4.78 is 2.64. The number of hydrogen-bond acceptors (Lipinski definition) is 4. The normalized spacial score (nSPS) is 19.1. The van der Waals surface area contributed by atoms with Crippen molar-refractivity contribution < 1.29 is 4.79 Å². The van der Waals surface area contributed by atoms with E-state index >= 15 is 0 Å². The van der Waals surface area contributed by atoms with Gasteiger partial charge in [-0.2, -0.15) is 5.10 Å². The van der Waals surface area contributed by atoms with Gasteiger partial charge in [-0.1, -0.05) is 0 Å². The lowest BCUT2D eigenvalue weighted by atomic mass is 9.93. The van der Waals surface area contributed by atoms with Gasteiger partial charge in [0.2, 0.25) is 0 Å². The Kier molecular flexibility index (Phi) is 6.39. The Hall–Kier alpha value is -0.720. The molecule has 1 saturated heterocycles. The van der Waals surface area contributed by atoms with Gasteiger partial charge >= 0.3 is 0 Å². The average molecular weight is 357 g/mol. The Labute approximate surface area is 135 Å². The van der Waals surface area contributed by atoms with E-state index in [2.05, 4.69) is 31.2 Å². The molecule has 118 valence electrons. The van der Waals surface area contributed by atoms with Gasteiger partial charge in [0.05, 0.1) is 17.2 Å². The fourth-order valence-electron chi connectivity index (χ4n) is 2.73. The molecular weight excluding hydrogens is 332 g/mol.